The summed E-state index contributed by atoms with van der Waals surface area (Å²) in [7, 11) is -0.301. The smallest absolute Gasteiger partial charge is 0.328 e. The van der Waals surface area contributed by atoms with Crippen LogP contribution >= 0.6 is 0 Å². The van der Waals surface area contributed by atoms with Gasteiger partial charge in [0.15, 0.2) is 0 Å². The fourth-order valence-electron chi connectivity index (χ4n) is 10.7. The minimum absolute atomic E-state index is 0.0579. The number of hydrogen-bond acceptors (Lipinski definition) is 6. The van der Waals surface area contributed by atoms with Gasteiger partial charge in [-0.1, -0.05) is 40.2 Å². The van der Waals surface area contributed by atoms with E-state index in [0.717, 1.165) is 57.1 Å². The number of sulfonamides is 1. The quantitative estimate of drug-likeness (QED) is 0.311. The highest BCUT2D eigenvalue weighted by molar-refractivity contribution is 7.90. The number of aliphatic hydroxyl groups is 2. The summed E-state index contributed by atoms with van der Waals surface area (Å²) in [5.74, 6) is 2.85. The zero-order valence-electron chi connectivity index (χ0n) is 27.1. The van der Waals surface area contributed by atoms with Crippen LogP contribution in [-0.2, 0) is 10.0 Å². The number of amides is 2. The van der Waals surface area contributed by atoms with Crippen LogP contribution < -0.4 is 14.9 Å². The van der Waals surface area contributed by atoms with E-state index in [0.29, 0.717) is 42.1 Å². The first-order valence-electron chi connectivity index (χ1n) is 16.7. The Morgan fingerprint density at radius 1 is 1.05 bits per heavy atom. The van der Waals surface area contributed by atoms with Gasteiger partial charge >= 0.3 is 6.03 Å². The van der Waals surface area contributed by atoms with Crippen LogP contribution in [0, 0.1) is 52.3 Å². The summed E-state index contributed by atoms with van der Waals surface area (Å²) in [6.07, 6.45) is 8.58. The average molecular weight is 618 g/mol. The van der Waals surface area contributed by atoms with E-state index in [1.807, 2.05) is 25.1 Å². The molecule has 8 nitrogen and oxygen atoms in total. The molecule has 4 aliphatic rings. The van der Waals surface area contributed by atoms with Crippen LogP contribution in [0.4, 0.5) is 10.5 Å². The molecule has 0 bridgehead atoms. The third-order valence-electron chi connectivity index (χ3n) is 12.9. The average Bonchev–Trinajstić information content (AvgIpc) is 3.31. The molecule has 4 fully saturated rings. The van der Waals surface area contributed by atoms with Crippen molar-refractivity contribution < 1.29 is 23.4 Å². The van der Waals surface area contributed by atoms with Gasteiger partial charge in [-0.2, -0.15) is 0 Å². The van der Waals surface area contributed by atoms with Crippen LogP contribution in [0.1, 0.15) is 85.5 Å². The Balaban J connectivity index is 1.21. The molecule has 0 saturated heterocycles. The molecular formula is C34H55N3O5S. The first-order chi connectivity index (χ1) is 20.2. The number of nitrogens with one attached hydrogen (secondary N) is 2. The highest BCUT2D eigenvalue weighted by atomic mass is 32.2. The number of hydrogen-bond donors (Lipinski definition) is 4. The van der Waals surface area contributed by atoms with Gasteiger partial charge in [0.1, 0.15) is 0 Å². The van der Waals surface area contributed by atoms with Gasteiger partial charge in [-0.15, -0.1) is 0 Å². The summed E-state index contributed by atoms with van der Waals surface area (Å²) in [5, 5.41) is 25.3. The molecule has 11 atom stereocenters. The van der Waals surface area contributed by atoms with Crippen molar-refractivity contribution >= 4 is 21.7 Å². The second-order valence-corrected chi connectivity index (χ2v) is 16.8. The third kappa shape index (κ3) is 5.83. The molecule has 0 heterocycles. The van der Waals surface area contributed by atoms with Gasteiger partial charge in [0, 0.05) is 26.3 Å². The van der Waals surface area contributed by atoms with Crippen molar-refractivity contribution in [2.24, 2.45) is 52.3 Å². The van der Waals surface area contributed by atoms with Crippen LogP contribution in [-0.4, -0.2) is 57.5 Å². The van der Waals surface area contributed by atoms with E-state index in [-0.39, 0.29) is 33.9 Å². The lowest BCUT2D eigenvalue weighted by Gasteiger charge is -2.64. The Labute approximate surface area is 259 Å². The SMILES string of the molecule is CC[C@H]1[C@@H](O)[C@@H]2[C@H](CC[C@]3(C)[C@@H]([C@H](C)CCNC(=O)NS(=O)(=O)c4cccc(N(C)C)c4)CC[C@@H]23)C2(C)CC[C@@H](O)C[C@@H]12. The Hall–Kier alpha value is -1.84. The lowest BCUT2D eigenvalue weighted by atomic mass is 9.41. The topological polar surface area (TPSA) is 119 Å². The summed E-state index contributed by atoms with van der Waals surface area (Å²) < 4.78 is 27.8. The standard InChI is InChI=1S/C34H55N3O5S/c1-7-25-29-20-23(38)13-16-34(29,4)28-14-17-33(3)26(11-12-27(33)30(28)31(25)39)21(2)15-18-35-32(40)36-43(41,42)24-10-8-9-22(19-24)37(5)6/h8-10,19,21,23,25-31,38-39H,7,11-18,20H2,1-6H3,(H2,35,36,40)/t21-,23-,25-,26-,27+,28+,29+,30+,31-,33-,34?/m1/s1. The molecule has 1 unspecified atom stereocenters. The van der Waals surface area contributed by atoms with E-state index >= 15 is 0 Å². The maximum Gasteiger partial charge on any atom is 0.328 e. The number of carbonyl (C=O) groups is 1. The summed E-state index contributed by atoms with van der Waals surface area (Å²) in [6, 6.07) is 5.82. The summed E-state index contributed by atoms with van der Waals surface area (Å²) >= 11 is 0. The molecule has 1 aromatic carbocycles. The third-order valence-corrected chi connectivity index (χ3v) is 14.2. The molecule has 4 aliphatic carbocycles. The number of aliphatic hydroxyl groups excluding tert-OH is 2. The molecule has 0 spiro atoms. The van der Waals surface area contributed by atoms with Crippen LogP contribution in [0.25, 0.3) is 0 Å². The molecule has 4 N–H and O–H groups in total. The number of nitrogens with zero attached hydrogens (tertiary/aromatic N) is 1. The fourth-order valence-corrected chi connectivity index (χ4v) is 11.7. The van der Waals surface area contributed by atoms with Gasteiger partial charge in [0.05, 0.1) is 17.1 Å². The maximum atomic E-state index is 12.8. The van der Waals surface area contributed by atoms with Crippen LogP contribution in [0.5, 0.6) is 0 Å². The predicted octanol–water partition coefficient (Wildman–Crippen LogP) is 5.39. The van der Waals surface area contributed by atoms with Gasteiger partial charge in [-0.25, -0.2) is 17.9 Å². The van der Waals surface area contributed by atoms with Crippen LogP contribution in [0.2, 0.25) is 0 Å². The molecule has 5 rings (SSSR count). The van der Waals surface area contributed by atoms with Gasteiger partial charge in [0.25, 0.3) is 10.0 Å². The first-order valence-corrected chi connectivity index (χ1v) is 18.2. The second kappa shape index (κ2) is 12.2. The number of carbonyl (C=O) groups excluding carboxylic acids is 1. The first kappa shape index (κ1) is 32.6. The Bertz CT molecular complexity index is 1270. The highest BCUT2D eigenvalue weighted by Crippen LogP contribution is 2.69. The number of fused-ring (bicyclic) bond motifs is 5. The summed E-state index contributed by atoms with van der Waals surface area (Å²) in [5.41, 5.74) is 1.09. The minimum Gasteiger partial charge on any atom is -0.393 e. The number of benzene rings is 1. The van der Waals surface area contributed by atoms with Gasteiger partial charge in [0.2, 0.25) is 0 Å². The highest BCUT2D eigenvalue weighted by Gasteiger charge is 2.64. The zero-order chi connectivity index (χ0) is 31.3. The van der Waals surface area contributed by atoms with Crippen LogP contribution in [0.3, 0.4) is 0 Å². The molecule has 0 aliphatic heterocycles. The normalized spacial score (nSPS) is 39.6. The van der Waals surface area contributed by atoms with Gasteiger partial charge in [-0.05, 0) is 122 Å². The number of urea groups is 1. The Morgan fingerprint density at radius 2 is 1.74 bits per heavy atom. The van der Waals surface area contributed by atoms with Gasteiger partial charge < -0.3 is 20.4 Å². The fraction of sp³-hybridized carbons (Fsp3) is 0.794. The number of anilines is 1. The van der Waals surface area contributed by atoms with Gasteiger partial charge in [-0.3, -0.25) is 0 Å². The summed E-state index contributed by atoms with van der Waals surface area (Å²) in [4.78, 5) is 14.5. The Morgan fingerprint density at radius 3 is 2.44 bits per heavy atom. The van der Waals surface area contributed by atoms with E-state index in [9.17, 15) is 23.4 Å². The van der Waals surface area contributed by atoms with Crippen molar-refractivity contribution in [1.29, 1.82) is 0 Å². The van der Waals surface area contributed by atoms with Crippen molar-refractivity contribution in [3.05, 3.63) is 24.3 Å². The molecule has 242 valence electrons. The molecule has 9 heteroatoms. The lowest BCUT2D eigenvalue weighted by molar-refractivity contribution is -0.203. The predicted molar refractivity (Wildman–Crippen MR) is 170 cm³/mol. The monoisotopic (exact) mass is 617 g/mol. The molecule has 43 heavy (non-hydrogen) atoms. The second-order valence-electron chi connectivity index (χ2n) is 15.1. The summed E-state index contributed by atoms with van der Waals surface area (Å²) in [6.45, 7) is 9.84. The lowest BCUT2D eigenvalue weighted by Crippen LogP contribution is -2.62. The van der Waals surface area contributed by atoms with E-state index < -0.39 is 16.1 Å². The van der Waals surface area contributed by atoms with Crippen molar-refractivity contribution in [3.8, 4) is 0 Å². The zero-order valence-corrected chi connectivity index (χ0v) is 27.9. The molecule has 2 amide bonds. The largest absolute Gasteiger partial charge is 0.393 e. The molecular weight excluding hydrogens is 562 g/mol. The minimum atomic E-state index is -3.97. The molecule has 4 saturated carbocycles. The van der Waals surface area contributed by atoms with E-state index in [1.165, 1.54) is 12.5 Å². The van der Waals surface area contributed by atoms with Crippen molar-refractivity contribution in [1.82, 2.24) is 10.0 Å². The van der Waals surface area contributed by atoms with E-state index in [4.69, 9.17) is 0 Å². The van der Waals surface area contributed by atoms with E-state index in [1.54, 1.807) is 12.1 Å². The van der Waals surface area contributed by atoms with E-state index in [2.05, 4.69) is 37.7 Å². The van der Waals surface area contributed by atoms with Crippen LogP contribution in [0.15, 0.2) is 29.2 Å². The molecule has 1 aromatic rings. The van der Waals surface area contributed by atoms with Crippen molar-refractivity contribution in [2.45, 2.75) is 103 Å². The Kier molecular flexibility index (Phi) is 9.21. The van der Waals surface area contributed by atoms with Crippen molar-refractivity contribution in [3.63, 3.8) is 0 Å². The maximum absolute atomic E-state index is 12.8. The molecule has 0 aromatic heterocycles. The van der Waals surface area contributed by atoms with Crippen molar-refractivity contribution in [2.75, 3.05) is 25.5 Å². The molecule has 0 radical (unpaired) electrons. The number of rotatable bonds is 8.